The molecule has 1 aromatic rings. The van der Waals surface area contributed by atoms with E-state index in [2.05, 4.69) is 5.32 Å². The SMILES string of the molecule is CC(=O)CC(=O)Nc1ccc(SC2CCCC2)cc1. The van der Waals surface area contributed by atoms with E-state index in [9.17, 15) is 9.59 Å². The van der Waals surface area contributed by atoms with Gasteiger partial charge in [-0.3, -0.25) is 9.59 Å². The first-order valence-corrected chi connectivity index (χ1v) is 7.57. The zero-order valence-electron chi connectivity index (χ0n) is 11.1. The number of carbonyl (C=O) groups excluding carboxylic acids is 2. The first-order chi connectivity index (χ1) is 9.13. The zero-order chi connectivity index (χ0) is 13.7. The number of thioether (sulfide) groups is 1. The Morgan fingerprint density at radius 3 is 2.42 bits per heavy atom. The monoisotopic (exact) mass is 277 g/mol. The summed E-state index contributed by atoms with van der Waals surface area (Å²) in [5, 5.41) is 3.47. The fourth-order valence-electron chi connectivity index (χ4n) is 2.25. The number of amides is 1. The molecule has 1 aliphatic rings. The van der Waals surface area contributed by atoms with Crippen molar-refractivity contribution < 1.29 is 9.59 Å². The number of ketones is 1. The van der Waals surface area contributed by atoms with Crippen molar-refractivity contribution in [2.45, 2.75) is 49.2 Å². The first-order valence-electron chi connectivity index (χ1n) is 6.69. The molecule has 3 nitrogen and oxygen atoms in total. The number of benzene rings is 1. The number of rotatable bonds is 5. The van der Waals surface area contributed by atoms with Crippen molar-refractivity contribution in [1.29, 1.82) is 0 Å². The standard InChI is InChI=1S/C15H19NO2S/c1-11(17)10-15(18)16-12-6-8-14(9-7-12)19-13-4-2-3-5-13/h6-9,13H,2-5,10H2,1H3,(H,16,18). The molecule has 102 valence electrons. The van der Waals surface area contributed by atoms with Crippen LogP contribution >= 0.6 is 11.8 Å². The summed E-state index contributed by atoms with van der Waals surface area (Å²) in [6, 6.07) is 7.86. The number of anilines is 1. The van der Waals surface area contributed by atoms with Crippen molar-refractivity contribution in [3.63, 3.8) is 0 Å². The molecule has 0 spiro atoms. The highest BCUT2D eigenvalue weighted by atomic mass is 32.2. The molecule has 0 radical (unpaired) electrons. The molecule has 0 aromatic heterocycles. The van der Waals surface area contributed by atoms with Crippen molar-refractivity contribution in [3.05, 3.63) is 24.3 Å². The summed E-state index contributed by atoms with van der Waals surface area (Å²) in [7, 11) is 0. The minimum absolute atomic E-state index is 0.0570. The van der Waals surface area contributed by atoms with Crippen molar-refractivity contribution in [1.82, 2.24) is 0 Å². The number of nitrogens with one attached hydrogen (secondary N) is 1. The van der Waals surface area contributed by atoms with Gasteiger partial charge in [0, 0.05) is 15.8 Å². The van der Waals surface area contributed by atoms with Crippen LogP contribution in [0.4, 0.5) is 5.69 Å². The maximum Gasteiger partial charge on any atom is 0.231 e. The molecule has 1 saturated carbocycles. The van der Waals surface area contributed by atoms with Gasteiger partial charge in [-0.1, -0.05) is 12.8 Å². The fourth-order valence-corrected chi connectivity index (χ4v) is 3.49. The molecule has 0 unspecified atom stereocenters. The minimum Gasteiger partial charge on any atom is -0.326 e. The van der Waals surface area contributed by atoms with E-state index in [4.69, 9.17) is 0 Å². The second-order valence-electron chi connectivity index (χ2n) is 4.98. The molecular formula is C15H19NO2S. The van der Waals surface area contributed by atoms with Crippen molar-refractivity contribution >= 4 is 29.1 Å². The molecule has 2 rings (SSSR count). The van der Waals surface area contributed by atoms with E-state index in [0.717, 1.165) is 10.9 Å². The van der Waals surface area contributed by atoms with Gasteiger partial charge in [-0.2, -0.15) is 0 Å². The molecule has 0 bridgehead atoms. The predicted octanol–water partition coefficient (Wildman–Crippen LogP) is 3.64. The van der Waals surface area contributed by atoms with Crippen LogP contribution in [0.3, 0.4) is 0 Å². The summed E-state index contributed by atoms with van der Waals surface area (Å²) in [6.45, 7) is 1.42. The molecule has 1 fully saturated rings. The van der Waals surface area contributed by atoms with Crippen molar-refractivity contribution in [3.8, 4) is 0 Å². The summed E-state index contributed by atoms with van der Waals surface area (Å²) in [4.78, 5) is 23.5. The van der Waals surface area contributed by atoms with Gasteiger partial charge in [-0.05, 0) is 44.0 Å². The maximum atomic E-state index is 11.4. The topological polar surface area (TPSA) is 46.2 Å². The van der Waals surface area contributed by atoms with Gasteiger partial charge < -0.3 is 5.32 Å². The normalized spacial score (nSPS) is 15.4. The van der Waals surface area contributed by atoms with E-state index < -0.39 is 0 Å². The van der Waals surface area contributed by atoms with Crippen LogP contribution in [0.1, 0.15) is 39.0 Å². The Labute approximate surface area is 118 Å². The lowest BCUT2D eigenvalue weighted by Crippen LogP contribution is -2.14. The Bertz CT molecular complexity index is 450. The third kappa shape index (κ3) is 4.71. The van der Waals surface area contributed by atoms with Gasteiger partial charge in [-0.25, -0.2) is 0 Å². The molecular weight excluding hydrogens is 258 g/mol. The summed E-state index contributed by atoms with van der Waals surface area (Å²) in [5.41, 5.74) is 0.752. The van der Waals surface area contributed by atoms with Crippen LogP contribution in [0.2, 0.25) is 0 Å². The maximum absolute atomic E-state index is 11.4. The quantitative estimate of drug-likeness (QED) is 0.836. The lowest BCUT2D eigenvalue weighted by atomic mass is 10.2. The van der Waals surface area contributed by atoms with E-state index in [0.29, 0.717) is 0 Å². The van der Waals surface area contributed by atoms with Crippen LogP contribution in [0.15, 0.2) is 29.2 Å². The molecule has 19 heavy (non-hydrogen) atoms. The van der Waals surface area contributed by atoms with Gasteiger partial charge in [0.2, 0.25) is 5.91 Å². The Morgan fingerprint density at radius 1 is 1.21 bits per heavy atom. The Balaban J connectivity index is 1.87. The van der Waals surface area contributed by atoms with E-state index in [1.54, 1.807) is 0 Å². The highest BCUT2D eigenvalue weighted by Crippen LogP contribution is 2.34. The van der Waals surface area contributed by atoms with Gasteiger partial charge in [0.05, 0.1) is 6.42 Å². The Morgan fingerprint density at radius 2 is 1.84 bits per heavy atom. The Kier molecular flexibility index (Phi) is 5.02. The van der Waals surface area contributed by atoms with Crippen molar-refractivity contribution in [2.24, 2.45) is 0 Å². The molecule has 1 aliphatic carbocycles. The van der Waals surface area contributed by atoms with Crippen LogP contribution in [0, 0.1) is 0 Å². The van der Waals surface area contributed by atoms with Gasteiger partial charge in [-0.15, -0.1) is 11.8 Å². The molecule has 4 heteroatoms. The van der Waals surface area contributed by atoms with Crippen LogP contribution < -0.4 is 5.32 Å². The van der Waals surface area contributed by atoms with Crippen molar-refractivity contribution in [2.75, 3.05) is 5.32 Å². The van der Waals surface area contributed by atoms with Gasteiger partial charge in [0.15, 0.2) is 0 Å². The third-order valence-electron chi connectivity index (χ3n) is 3.15. The van der Waals surface area contributed by atoms with E-state index in [-0.39, 0.29) is 18.1 Å². The highest BCUT2D eigenvalue weighted by molar-refractivity contribution is 8.00. The molecule has 1 amide bonds. The van der Waals surface area contributed by atoms with Crippen LogP contribution in [-0.2, 0) is 9.59 Å². The lowest BCUT2D eigenvalue weighted by molar-refractivity contribution is -0.124. The molecule has 0 heterocycles. The van der Waals surface area contributed by atoms with E-state index >= 15 is 0 Å². The summed E-state index contributed by atoms with van der Waals surface area (Å²) in [5.74, 6) is -0.366. The third-order valence-corrected chi connectivity index (χ3v) is 4.50. The van der Waals surface area contributed by atoms with E-state index in [1.807, 2.05) is 36.0 Å². The average Bonchev–Trinajstić information content (AvgIpc) is 2.83. The second-order valence-corrected chi connectivity index (χ2v) is 6.35. The van der Waals surface area contributed by atoms with Crippen LogP contribution in [0.5, 0.6) is 0 Å². The van der Waals surface area contributed by atoms with Gasteiger partial charge in [0.25, 0.3) is 0 Å². The van der Waals surface area contributed by atoms with Crippen LogP contribution in [-0.4, -0.2) is 16.9 Å². The largest absolute Gasteiger partial charge is 0.326 e. The lowest BCUT2D eigenvalue weighted by Gasteiger charge is -2.09. The van der Waals surface area contributed by atoms with Crippen LogP contribution in [0.25, 0.3) is 0 Å². The Hall–Kier alpha value is -1.29. The predicted molar refractivity (Wildman–Crippen MR) is 78.5 cm³/mol. The fraction of sp³-hybridized carbons (Fsp3) is 0.467. The highest BCUT2D eigenvalue weighted by Gasteiger charge is 2.15. The van der Waals surface area contributed by atoms with Gasteiger partial charge in [0.1, 0.15) is 5.78 Å². The molecule has 1 N–H and O–H groups in total. The molecule has 1 aromatic carbocycles. The summed E-state index contributed by atoms with van der Waals surface area (Å²) >= 11 is 1.92. The number of hydrogen-bond acceptors (Lipinski definition) is 3. The summed E-state index contributed by atoms with van der Waals surface area (Å²) < 4.78 is 0. The first kappa shape index (κ1) is 14.1. The number of carbonyl (C=O) groups is 2. The van der Waals surface area contributed by atoms with Gasteiger partial charge >= 0.3 is 0 Å². The average molecular weight is 277 g/mol. The molecule has 0 aliphatic heterocycles. The number of hydrogen-bond donors (Lipinski definition) is 1. The second kappa shape index (κ2) is 6.75. The van der Waals surface area contributed by atoms with E-state index in [1.165, 1.54) is 37.5 Å². The zero-order valence-corrected chi connectivity index (χ0v) is 12.0. The minimum atomic E-state index is -0.247. The smallest absolute Gasteiger partial charge is 0.231 e. The molecule has 0 saturated heterocycles. The molecule has 0 atom stereocenters. The summed E-state index contributed by atoms with van der Waals surface area (Å²) in [6.07, 6.45) is 5.25. The number of Topliss-reactive ketones (excluding diaryl/α,β-unsaturated/α-hetero) is 1.